The number of nitrogens with zero attached hydrogens (tertiary/aromatic N) is 3. The zero-order valence-corrected chi connectivity index (χ0v) is 14.5. The van der Waals surface area contributed by atoms with Gasteiger partial charge >= 0.3 is 0 Å². The van der Waals surface area contributed by atoms with E-state index in [1.165, 1.54) is 12.8 Å². The van der Waals surface area contributed by atoms with E-state index in [0.29, 0.717) is 5.88 Å². The third-order valence-electron chi connectivity index (χ3n) is 4.42. The molecule has 132 valence electrons. The second-order valence-electron chi connectivity index (χ2n) is 6.33. The molecule has 0 radical (unpaired) electrons. The summed E-state index contributed by atoms with van der Waals surface area (Å²) in [5.41, 5.74) is 0. The fourth-order valence-electron chi connectivity index (χ4n) is 3.17. The number of pyridine rings is 1. The lowest BCUT2D eigenvalue weighted by molar-refractivity contribution is 0.0223. The molecule has 2 unspecified atom stereocenters. The molecular formula is C18H28N4O2. The molecule has 2 aliphatic rings. The van der Waals surface area contributed by atoms with Gasteiger partial charge in [-0.25, -0.2) is 4.98 Å². The Labute approximate surface area is 144 Å². The summed E-state index contributed by atoms with van der Waals surface area (Å²) in [6.07, 6.45) is 6.73. The van der Waals surface area contributed by atoms with Gasteiger partial charge in [0, 0.05) is 38.4 Å². The highest BCUT2D eigenvalue weighted by molar-refractivity contribution is 5.80. The van der Waals surface area contributed by atoms with Crippen LogP contribution in [-0.4, -0.2) is 60.8 Å². The van der Waals surface area contributed by atoms with E-state index in [0.717, 1.165) is 51.6 Å². The molecule has 2 aliphatic heterocycles. The van der Waals surface area contributed by atoms with E-state index >= 15 is 0 Å². The van der Waals surface area contributed by atoms with Crippen molar-refractivity contribution in [3.63, 3.8) is 0 Å². The Morgan fingerprint density at radius 1 is 1.42 bits per heavy atom. The molecule has 2 saturated heterocycles. The first-order valence-electron chi connectivity index (χ1n) is 9.07. The van der Waals surface area contributed by atoms with Gasteiger partial charge < -0.3 is 19.7 Å². The molecule has 0 aliphatic carbocycles. The van der Waals surface area contributed by atoms with Crippen molar-refractivity contribution >= 4 is 5.96 Å². The summed E-state index contributed by atoms with van der Waals surface area (Å²) in [6, 6.07) is 5.75. The number of hydrogen-bond donors (Lipinski definition) is 1. The number of guanidine groups is 1. The first-order valence-corrected chi connectivity index (χ1v) is 9.07. The molecule has 3 heterocycles. The van der Waals surface area contributed by atoms with Gasteiger partial charge in [0.1, 0.15) is 6.10 Å². The van der Waals surface area contributed by atoms with Crippen molar-refractivity contribution in [3.05, 3.63) is 24.4 Å². The van der Waals surface area contributed by atoms with Crippen LogP contribution in [0.2, 0.25) is 0 Å². The van der Waals surface area contributed by atoms with Gasteiger partial charge in [0.2, 0.25) is 5.88 Å². The van der Waals surface area contributed by atoms with Crippen LogP contribution in [0.25, 0.3) is 0 Å². The van der Waals surface area contributed by atoms with Crippen LogP contribution in [0, 0.1) is 0 Å². The minimum Gasteiger partial charge on any atom is -0.472 e. The smallest absolute Gasteiger partial charge is 0.213 e. The molecule has 1 N–H and O–H groups in total. The molecule has 1 aromatic rings. The average Bonchev–Trinajstić information content (AvgIpc) is 3.09. The number of likely N-dealkylation sites (tertiary alicyclic amines) is 1. The standard InChI is InChI=1S/C18H28N4O2/c1-2-19-18(21-13-15-7-4-6-12-23-15)22-11-9-16(14-22)24-17-8-3-5-10-20-17/h3,5,8,10,15-16H,2,4,6-7,9,11-14H2,1H3,(H,19,21). The number of aromatic nitrogens is 1. The van der Waals surface area contributed by atoms with E-state index in [1.807, 2.05) is 18.2 Å². The van der Waals surface area contributed by atoms with Crippen molar-refractivity contribution in [1.82, 2.24) is 15.2 Å². The molecule has 6 nitrogen and oxygen atoms in total. The highest BCUT2D eigenvalue weighted by atomic mass is 16.5. The Bertz CT molecular complexity index is 517. The third-order valence-corrected chi connectivity index (χ3v) is 4.42. The van der Waals surface area contributed by atoms with Gasteiger partial charge in [-0.15, -0.1) is 0 Å². The number of hydrogen-bond acceptors (Lipinski definition) is 4. The van der Waals surface area contributed by atoms with E-state index in [-0.39, 0.29) is 12.2 Å². The predicted molar refractivity (Wildman–Crippen MR) is 94.4 cm³/mol. The SMILES string of the molecule is CCNC(=NCC1CCCCO1)N1CCC(Oc2ccccn2)C1. The van der Waals surface area contributed by atoms with E-state index in [4.69, 9.17) is 14.5 Å². The summed E-state index contributed by atoms with van der Waals surface area (Å²) in [5, 5.41) is 3.40. The molecule has 6 heteroatoms. The second kappa shape index (κ2) is 8.87. The van der Waals surface area contributed by atoms with Gasteiger partial charge in [0.25, 0.3) is 0 Å². The van der Waals surface area contributed by atoms with Crippen LogP contribution in [0.15, 0.2) is 29.4 Å². The van der Waals surface area contributed by atoms with Crippen molar-refractivity contribution in [2.45, 2.75) is 44.8 Å². The van der Waals surface area contributed by atoms with Crippen molar-refractivity contribution in [3.8, 4) is 5.88 Å². The minimum atomic E-state index is 0.162. The average molecular weight is 332 g/mol. The van der Waals surface area contributed by atoms with E-state index < -0.39 is 0 Å². The summed E-state index contributed by atoms with van der Waals surface area (Å²) >= 11 is 0. The highest BCUT2D eigenvalue weighted by Crippen LogP contribution is 2.17. The maximum Gasteiger partial charge on any atom is 0.213 e. The first kappa shape index (κ1) is 17.0. The van der Waals surface area contributed by atoms with Gasteiger partial charge in [-0.2, -0.15) is 0 Å². The van der Waals surface area contributed by atoms with Crippen LogP contribution in [0.3, 0.4) is 0 Å². The van der Waals surface area contributed by atoms with Crippen LogP contribution in [-0.2, 0) is 4.74 Å². The number of nitrogens with one attached hydrogen (secondary N) is 1. The number of ether oxygens (including phenoxy) is 2. The fraction of sp³-hybridized carbons (Fsp3) is 0.667. The molecular weight excluding hydrogens is 304 g/mol. The molecule has 2 fully saturated rings. The topological polar surface area (TPSA) is 59.0 Å². The van der Waals surface area contributed by atoms with E-state index in [9.17, 15) is 0 Å². The molecule has 0 bridgehead atoms. The summed E-state index contributed by atoms with van der Waals surface area (Å²) < 4.78 is 11.8. The molecule has 0 saturated carbocycles. The molecule has 3 rings (SSSR count). The minimum absolute atomic E-state index is 0.162. The zero-order chi connectivity index (χ0) is 16.6. The monoisotopic (exact) mass is 332 g/mol. The van der Waals surface area contributed by atoms with Crippen LogP contribution < -0.4 is 10.1 Å². The largest absolute Gasteiger partial charge is 0.472 e. The van der Waals surface area contributed by atoms with Gasteiger partial charge in [-0.1, -0.05) is 6.07 Å². The molecule has 0 amide bonds. The Morgan fingerprint density at radius 2 is 2.38 bits per heavy atom. The maximum atomic E-state index is 5.97. The Balaban J connectivity index is 1.54. The zero-order valence-electron chi connectivity index (χ0n) is 14.5. The van der Waals surface area contributed by atoms with Crippen molar-refractivity contribution < 1.29 is 9.47 Å². The summed E-state index contributed by atoms with van der Waals surface area (Å²) in [6.45, 7) is 6.38. The van der Waals surface area contributed by atoms with Crippen molar-refractivity contribution in [2.24, 2.45) is 4.99 Å². The quantitative estimate of drug-likeness (QED) is 0.661. The second-order valence-corrected chi connectivity index (χ2v) is 6.33. The summed E-state index contributed by atoms with van der Waals surface area (Å²) in [7, 11) is 0. The van der Waals surface area contributed by atoms with Crippen LogP contribution in [0.5, 0.6) is 5.88 Å². The molecule has 1 aromatic heterocycles. The molecule has 24 heavy (non-hydrogen) atoms. The molecule has 0 spiro atoms. The highest BCUT2D eigenvalue weighted by Gasteiger charge is 2.27. The van der Waals surface area contributed by atoms with Gasteiger partial charge in [0.15, 0.2) is 5.96 Å². The summed E-state index contributed by atoms with van der Waals surface area (Å²) in [5.74, 6) is 1.67. The summed E-state index contributed by atoms with van der Waals surface area (Å²) in [4.78, 5) is 11.3. The molecule has 2 atom stereocenters. The fourth-order valence-corrected chi connectivity index (χ4v) is 3.17. The number of aliphatic imine (C=N–C) groups is 1. The predicted octanol–water partition coefficient (Wildman–Crippen LogP) is 2.07. The van der Waals surface area contributed by atoms with Crippen molar-refractivity contribution in [2.75, 3.05) is 32.8 Å². The lowest BCUT2D eigenvalue weighted by Crippen LogP contribution is -2.41. The van der Waals surface area contributed by atoms with Crippen LogP contribution in [0.4, 0.5) is 0 Å². The lowest BCUT2D eigenvalue weighted by atomic mass is 10.1. The van der Waals surface area contributed by atoms with Gasteiger partial charge in [-0.05, 0) is 32.3 Å². The van der Waals surface area contributed by atoms with Crippen LogP contribution >= 0.6 is 0 Å². The number of rotatable bonds is 5. The van der Waals surface area contributed by atoms with Gasteiger partial charge in [0.05, 0.1) is 19.2 Å². The first-order chi connectivity index (χ1) is 11.8. The third kappa shape index (κ3) is 4.84. The van der Waals surface area contributed by atoms with Gasteiger partial charge in [-0.3, -0.25) is 4.99 Å². The molecule has 0 aromatic carbocycles. The Hall–Kier alpha value is -1.82. The van der Waals surface area contributed by atoms with Crippen LogP contribution in [0.1, 0.15) is 32.6 Å². The van der Waals surface area contributed by atoms with E-state index in [1.54, 1.807) is 6.20 Å². The Kier molecular flexibility index (Phi) is 6.29. The van der Waals surface area contributed by atoms with Crippen molar-refractivity contribution in [1.29, 1.82) is 0 Å². The Morgan fingerprint density at radius 3 is 3.12 bits per heavy atom. The normalized spacial score (nSPS) is 24.9. The van der Waals surface area contributed by atoms with E-state index in [2.05, 4.69) is 22.1 Å². The lowest BCUT2D eigenvalue weighted by Gasteiger charge is -2.24. The maximum absolute atomic E-state index is 5.97.